The Hall–Kier alpha value is -2.13. The highest BCUT2D eigenvalue weighted by molar-refractivity contribution is 6.37. The summed E-state index contributed by atoms with van der Waals surface area (Å²) in [5.41, 5.74) is 1.58. The number of nitrogens with one attached hydrogen (secondary N) is 1. The van der Waals surface area contributed by atoms with Gasteiger partial charge in [0, 0.05) is 32.7 Å². The lowest BCUT2D eigenvalue weighted by Crippen LogP contribution is -2.61. The smallest absolute Gasteiger partial charge is 0.170 e. The molecule has 2 aromatic carbocycles. The number of benzene rings is 2. The number of nitrogens with zero attached hydrogens (tertiary/aromatic N) is 5. The third-order valence-corrected chi connectivity index (χ3v) is 7.83. The molecule has 4 aromatic rings. The van der Waals surface area contributed by atoms with E-state index in [4.69, 9.17) is 51.4 Å². The van der Waals surface area contributed by atoms with Crippen LogP contribution in [0.3, 0.4) is 0 Å². The molecular weight excluding hydrogens is 554 g/mol. The first-order chi connectivity index (χ1) is 17.4. The van der Waals surface area contributed by atoms with Crippen LogP contribution in [-0.4, -0.2) is 46.9 Å². The Bertz CT molecular complexity index is 1480. The lowest BCUT2D eigenvalue weighted by molar-refractivity contribution is -0.243. The number of hydroxylamine groups is 2. The molecule has 2 aromatic heterocycles. The van der Waals surface area contributed by atoms with E-state index in [0.717, 1.165) is 0 Å². The molecule has 0 amide bonds. The van der Waals surface area contributed by atoms with Gasteiger partial charge in [-0.15, -0.1) is 0 Å². The lowest BCUT2D eigenvalue weighted by Gasteiger charge is -2.51. The Balaban J connectivity index is 1.68. The van der Waals surface area contributed by atoms with E-state index in [0.29, 0.717) is 67.0 Å². The molecule has 0 bridgehead atoms. The van der Waals surface area contributed by atoms with Crippen LogP contribution in [0.2, 0.25) is 20.1 Å². The largest absolute Gasteiger partial charge is 0.365 e. The fourth-order valence-electron chi connectivity index (χ4n) is 5.31. The van der Waals surface area contributed by atoms with E-state index < -0.39 is 11.1 Å². The van der Waals surface area contributed by atoms with Crippen LogP contribution in [0, 0.1) is 0 Å². The minimum absolute atomic E-state index is 0.0401. The third-order valence-electron chi connectivity index (χ3n) is 6.75. The first kappa shape index (κ1) is 26.5. The van der Waals surface area contributed by atoms with Gasteiger partial charge in [-0.1, -0.05) is 46.4 Å². The Labute approximate surface area is 235 Å². The predicted octanol–water partition coefficient (Wildman–Crippen LogP) is 7.92. The zero-order valence-corrected chi connectivity index (χ0v) is 23.8. The second kappa shape index (κ2) is 9.56. The van der Waals surface area contributed by atoms with Gasteiger partial charge < -0.3 is 10.5 Å². The Morgan fingerprint density at radius 3 is 2.14 bits per heavy atom. The van der Waals surface area contributed by atoms with E-state index in [9.17, 15) is 5.21 Å². The number of hydrogen-bond donors (Lipinski definition) is 2. The maximum atomic E-state index is 10.7. The van der Waals surface area contributed by atoms with Gasteiger partial charge in [-0.2, -0.15) is 5.06 Å². The molecule has 2 N–H and O–H groups in total. The van der Waals surface area contributed by atoms with Crippen molar-refractivity contribution in [3.63, 3.8) is 0 Å². The molecule has 37 heavy (non-hydrogen) atoms. The van der Waals surface area contributed by atoms with Crippen molar-refractivity contribution < 1.29 is 5.21 Å². The molecule has 11 heteroatoms. The molecule has 0 spiro atoms. The first-order valence-electron chi connectivity index (χ1n) is 11.8. The van der Waals surface area contributed by atoms with Crippen molar-refractivity contribution in [1.29, 1.82) is 0 Å². The average molecular weight is 580 g/mol. The summed E-state index contributed by atoms with van der Waals surface area (Å²) in [6.07, 6.45) is 2.91. The zero-order valence-electron chi connectivity index (χ0n) is 20.7. The second-order valence-corrected chi connectivity index (χ2v) is 12.3. The van der Waals surface area contributed by atoms with Crippen molar-refractivity contribution in [2.24, 2.45) is 0 Å². The molecule has 0 saturated carbocycles. The number of fused-ring (bicyclic) bond motifs is 1. The van der Waals surface area contributed by atoms with Crippen LogP contribution in [0.25, 0.3) is 28.2 Å². The minimum atomic E-state index is -0.427. The van der Waals surface area contributed by atoms with Crippen LogP contribution >= 0.6 is 46.4 Å². The molecule has 0 radical (unpaired) electrons. The molecule has 1 fully saturated rings. The van der Waals surface area contributed by atoms with Gasteiger partial charge in [0.15, 0.2) is 17.0 Å². The Morgan fingerprint density at radius 1 is 0.892 bits per heavy atom. The van der Waals surface area contributed by atoms with Gasteiger partial charge in [0.2, 0.25) is 0 Å². The van der Waals surface area contributed by atoms with Gasteiger partial charge in [-0.25, -0.2) is 15.0 Å². The fraction of sp³-hybridized carbons (Fsp3) is 0.346. The van der Waals surface area contributed by atoms with E-state index in [2.05, 4.69) is 15.3 Å². The van der Waals surface area contributed by atoms with Crippen LogP contribution in [0.5, 0.6) is 0 Å². The number of imidazole rings is 1. The SMILES string of the molecule is CC1(C)CC(Nc2ncnc3c2nc(-c2ccc(Cl)cc2Cl)n3-c2ccc(Cl)cc2Cl)CC(C)(C)N1O. The number of hydrogen-bond acceptors (Lipinski definition) is 6. The maximum absolute atomic E-state index is 10.7. The lowest BCUT2D eigenvalue weighted by atomic mass is 9.79. The van der Waals surface area contributed by atoms with E-state index in [1.165, 1.54) is 11.4 Å². The summed E-state index contributed by atoms with van der Waals surface area (Å²) in [6.45, 7) is 8.10. The Kier molecular flexibility index (Phi) is 6.84. The molecule has 194 valence electrons. The van der Waals surface area contributed by atoms with Gasteiger partial charge in [-0.3, -0.25) is 4.57 Å². The van der Waals surface area contributed by atoms with Crippen LogP contribution in [0.15, 0.2) is 42.7 Å². The van der Waals surface area contributed by atoms with Gasteiger partial charge in [0.25, 0.3) is 0 Å². The highest BCUT2D eigenvalue weighted by Gasteiger charge is 2.45. The number of halogens is 4. The quantitative estimate of drug-likeness (QED) is 0.255. The summed E-state index contributed by atoms with van der Waals surface area (Å²) in [5.74, 6) is 1.12. The third kappa shape index (κ3) is 4.89. The highest BCUT2D eigenvalue weighted by atomic mass is 35.5. The van der Waals surface area contributed by atoms with E-state index in [1.807, 2.05) is 44.4 Å². The minimum Gasteiger partial charge on any atom is -0.365 e. The van der Waals surface area contributed by atoms with Crippen molar-refractivity contribution in [3.8, 4) is 17.1 Å². The maximum Gasteiger partial charge on any atom is 0.170 e. The van der Waals surface area contributed by atoms with Crippen molar-refractivity contribution in [1.82, 2.24) is 24.6 Å². The van der Waals surface area contributed by atoms with Crippen molar-refractivity contribution >= 4 is 63.4 Å². The number of piperidine rings is 1. The van der Waals surface area contributed by atoms with Crippen molar-refractivity contribution in [2.45, 2.75) is 57.7 Å². The second-order valence-electron chi connectivity index (χ2n) is 10.6. The van der Waals surface area contributed by atoms with Crippen LogP contribution in [-0.2, 0) is 0 Å². The summed E-state index contributed by atoms with van der Waals surface area (Å²) >= 11 is 25.6. The summed E-state index contributed by atoms with van der Waals surface area (Å²) in [7, 11) is 0. The number of rotatable bonds is 4. The molecule has 0 aliphatic carbocycles. The molecule has 7 nitrogen and oxygen atoms in total. The van der Waals surface area contributed by atoms with Crippen molar-refractivity contribution in [2.75, 3.05) is 5.32 Å². The topological polar surface area (TPSA) is 79.1 Å². The van der Waals surface area contributed by atoms with E-state index >= 15 is 0 Å². The van der Waals surface area contributed by atoms with Gasteiger partial charge >= 0.3 is 0 Å². The van der Waals surface area contributed by atoms with Crippen molar-refractivity contribution in [3.05, 3.63) is 62.8 Å². The normalized spacial score (nSPS) is 17.9. The summed E-state index contributed by atoms with van der Waals surface area (Å²) in [5, 5.41) is 17.7. The van der Waals surface area contributed by atoms with Gasteiger partial charge in [-0.05, 0) is 76.9 Å². The van der Waals surface area contributed by atoms with Gasteiger partial charge in [0.05, 0.1) is 15.7 Å². The molecule has 1 aliphatic heterocycles. The highest BCUT2D eigenvalue weighted by Crippen LogP contribution is 2.40. The van der Waals surface area contributed by atoms with E-state index in [1.54, 1.807) is 24.3 Å². The van der Waals surface area contributed by atoms with Crippen LogP contribution in [0.1, 0.15) is 40.5 Å². The van der Waals surface area contributed by atoms with Crippen LogP contribution < -0.4 is 5.32 Å². The molecule has 1 saturated heterocycles. The summed E-state index contributed by atoms with van der Waals surface area (Å²) in [4.78, 5) is 14.1. The predicted molar refractivity (Wildman–Crippen MR) is 151 cm³/mol. The molecule has 3 heterocycles. The molecule has 0 atom stereocenters. The average Bonchev–Trinajstić information content (AvgIpc) is 3.17. The van der Waals surface area contributed by atoms with E-state index in [-0.39, 0.29) is 6.04 Å². The molecule has 0 unspecified atom stereocenters. The van der Waals surface area contributed by atoms with Crippen LogP contribution in [0.4, 0.5) is 5.82 Å². The molecule has 5 rings (SSSR count). The Morgan fingerprint density at radius 2 is 1.51 bits per heavy atom. The molecule has 1 aliphatic rings. The summed E-state index contributed by atoms with van der Waals surface area (Å²) < 4.78 is 1.85. The number of anilines is 1. The summed E-state index contributed by atoms with van der Waals surface area (Å²) in [6, 6.07) is 10.5. The van der Waals surface area contributed by atoms with Gasteiger partial charge in [0.1, 0.15) is 12.2 Å². The fourth-order valence-corrected chi connectivity index (χ4v) is 6.29. The zero-order chi connectivity index (χ0) is 26.7. The standard InChI is InChI=1S/C26H26Cl4N6O/c1-25(2)11-16(12-26(3,4)36(25)37)33-22-21-24(32-13-31-22)35(20-8-6-15(28)10-19(20)30)23(34-21)17-7-5-14(27)9-18(17)29/h5-10,13,16,37H,11-12H2,1-4H3,(H,31,32,33). The first-order valence-corrected chi connectivity index (χ1v) is 13.3. The molecular formula is C26H26Cl4N6O. The monoisotopic (exact) mass is 578 g/mol. The number of aromatic nitrogens is 4.